The molecule has 218 valence electrons. The summed E-state index contributed by atoms with van der Waals surface area (Å²) >= 11 is 1.10. The molecular weight excluding hydrogens is 581 g/mol. The van der Waals surface area contributed by atoms with Crippen LogP contribution in [0.4, 0.5) is 23.4 Å². The van der Waals surface area contributed by atoms with E-state index in [-0.39, 0.29) is 76.2 Å². The van der Waals surface area contributed by atoms with Crippen LogP contribution in [0.15, 0.2) is 52.7 Å². The second kappa shape index (κ2) is 11.4. The molecule has 6 radical (unpaired) electrons. The number of carbonyl (C=O) groups is 1. The number of piperazine rings is 1. The summed E-state index contributed by atoms with van der Waals surface area (Å²) < 4.78 is 64.7. The third-order valence-electron chi connectivity index (χ3n) is 7.54. The number of ether oxygens (including phenoxy) is 1. The van der Waals surface area contributed by atoms with Crippen molar-refractivity contribution in [3.63, 3.8) is 0 Å². The molecule has 0 N–H and O–H groups in total. The van der Waals surface area contributed by atoms with Crippen LogP contribution in [-0.4, -0.2) is 86.7 Å². The van der Waals surface area contributed by atoms with E-state index in [1.165, 1.54) is 22.8 Å². The molecule has 3 aromatic rings. The number of thioether (sulfide) groups is 1. The van der Waals surface area contributed by atoms with Crippen molar-refractivity contribution in [3.8, 4) is 11.1 Å². The third-order valence-corrected chi connectivity index (χ3v) is 8.78. The summed E-state index contributed by atoms with van der Waals surface area (Å²) in [6.07, 6.45) is -3.60. The maximum Gasteiger partial charge on any atom is 0.417 e. The Morgan fingerprint density at radius 1 is 1.16 bits per heavy atom. The number of amides is 1. The Morgan fingerprint density at radius 3 is 2.35 bits per heavy atom. The summed E-state index contributed by atoms with van der Waals surface area (Å²) in [5, 5.41) is -1.91. The van der Waals surface area contributed by atoms with E-state index in [0.29, 0.717) is 0 Å². The summed E-state index contributed by atoms with van der Waals surface area (Å²) in [6, 6.07) is 4.25. The van der Waals surface area contributed by atoms with E-state index in [1.54, 1.807) is 23.6 Å². The lowest BCUT2D eigenvalue weighted by atomic mass is 9.52. The summed E-state index contributed by atoms with van der Waals surface area (Å²) in [4.78, 5) is 34.0. The Bertz CT molecular complexity index is 1630. The minimum atomic E-state index is -4.80. The van der Waals surface area contributed by atoms with Crippen molar-refractivity contribution in [1.82, 2.24) is 14.5 Å². The Balaban J connectivity index is 1.79. The first kappa shape index (κ1) is 31.2. The molecule has 1 amide bonds. The van der Waals surface area contributed by atoms with Crippen molar-refractivity contribution in [2.45, 2.75) is 48.3 Å². The summed E-state index contributed by atoms with van der Waals surface area (Å²) in [7, 11) is 16.7. The molecular formula is C28H25B3F4N4O3S. The van der Waals surface area contributed by atoms with Crippen LogP contribution in [0.5, 0.6) is 0 Å². The minimum absolute atomic E-state index is 0.0612. The maximum atomic E-state index is 14.8. The van der Waals surface area contributed by atoms with Crippen LogP contribution in [-0.2, 0) is 15.7 Å². The first-order chi connectivity index (χ1) is 20.1. The van der Waals surface area contributed by atoms with Crippen LogP contribution in [0.2, 0.25) is 0 Å². The van der Waals surface area contributed by atoms with Gasteiger partial charge in [0, 0.05) is 46.8 Å². The van der Waals surface area contributed by atoms with Crippen molar-refractivity contribution >= 4 is 57.9 Å². The fourth-order valence-corrected chi connectivity index (χ4v) is 7.18. The van der Waals surface area contributed by atoms with Gasteiger partial charge >= 0.3 is 11.9 Å². The van der Waals surface area contributed by atoms with E-state index >= 15 is 0 Å². The molecule has 5 rings (SSSR count). The normalized spacial score (nSPS) is 20.8. The Hall–Kier alpha value is -3.19. The van der Waals surface area contributed by atoms with Crippen molar-refractivity contribution in [1.29, 1.82) is 0 Å². The molecule has 0 aliphatic carbocycles. The van der Waals surface area contributed by atoms with Crippen molar-refractivity contribution < 1.29 is 27.1 Å². The highest BCUT2D eigenvalue weighted by Crippen LogP contribution is 2.50. The lowest BCUT2D eigenvalue weighted by Gasteiger charge is -2.45. The number of anilines is 1. The molecule has 1 saturated heterocycles. The van der Waals surface area contributed by atoms with Gasteiger partial charge in [0.1, 0.15) is 11.6 Å². The van der Waals surface area contributed by atoms with E-state index in [2.05, 4.69) is 11.6 Å². The van der Waals surface area contributed by atoms with E-state index in [4.69, 9.17) is 28.3 Å². The quantitative estimate of drug-likeness (QED) is 0.243. The van der Waals surface area contributed by atoms with Gasteiger partial charge in [0.15, 0.2) is 0 Å². The molecule has 0 bridgehead atoms. The topological polar surface area (TPSA) is 67.7 Å². The SMILES string of the molecule is [B]C([B])([B])OC[C@H]1CSc2c(-c3ccc(F)cc3)c(C(F)(F)F)cc3c(N4C[C@@H](C)N(C(=O)C=C)[C@@H](C)C4)nc(=O)n1c23. The highest BCUT2D eigenvalue weighted by molar-refractivity contribution is 7.99. The van der Waals surface area contributed by atoms with Crippen LogP contribution >= 0.6 is 11.8 Å². The van der Waals surface area contributed by atoms with Gasteiger partial charge in [-0.15, -0.1) is 11.8 Å². The number of carbonyl (C=O) groups excluding carboxylic acids is 1. The lowest BCUT2D eigenvalue weighted by Crippen LogP contribution is -2.58. The van der Waals surface area contributed by atoms with Gasteiger partial charge in [0.25, 0.3) is 0 Å². The molecule has 0 saturated carbocycles. The standard InChI is InChI=1S/C28H25B3F4N4O3S/c1-4-21(40)38-14(2)10-37(11-15(38)3)25-19-9-20(27(33,34)35)22(16-5-7-17(32)8-6-16)24-23(19)39(26(41)36-25)18(13-43-24)12-42-28(29,30)31/h4-9,14-15,18H,1,10-13H2,2-3H3/t14-,15+,18-/m0/s1. The number of nitrogens with zero attached hydrogens (tertiary/aromatic N) is 4. The molecule has 15 heteroatoms. The predicted octanol–water partition coefficient (Wildman–Crippen LogP) is 3.61. The van der Waals surface area contributed by atoms with Gasteiger partial charge in [-0.1, -0.05) is 18.7 Å². The van der Waals surface area contributed by atoms with Crippen LogP contribution in [0.3, 0.4) is 0 Å². The maximum absolute atomic E-state index is 14.8. The molecule has 2 aromatic carbocycles. The number of halogens is 4. The van der Waals surface area contributed by atoms with Gasteiger partial charge in [-0.05, 0) is 49.0 Å². The average Bonchev–Trinajstić information content (AvgIpc) is 2.92. The van der Waals surface area contributed by atoms with Gasteiger partial charge < -0.3 is 14.5 Å². The molecule has 3 atom stereocenters. The number of rotatable bonds is 6. The highest BCUT2D eigenvalue weighted by atomic mass is 32.2. The van der Waals surface area contributed by atoms with Gasteiger partial charge in [-0.2, -0.15) is 18.2 Å². The van der Waals surface area contributed by atoms with E-state index in [9.17, 15) is 27.2 Å². The van der Waals surface area contributed by atoms with Crippen LogP contribution in [0.1, 0.15) is 25.5 Å². The van der Waals surface area contributed by atoms with E-state index in [0.717, 1.165) is 30.0 Å². The van der Waals surface area contributed by atoms with E-state index < -0.39 is 34.6 Å². The number of benzene rings is 2. The summed E-state index contributed by atoms with van der Waals surface area (Å²) in [6.45, 7) is 7.37. The molecule has 1 fully saturated rings. The number of hydrogen-bond acceptors (Lipinski definition) is 6. The first-order valence-corrected chi connectivity index (χ1v) is 14.4. The fraction of sp³-hybridized carbons (Fsp3) is 0.393. The molecule has 7 nitrogen and oxygen atoms in total. The molecule has 2 aliphatic rings. The minimum Gasteiger partial charge on any atom is -0.401 e. The monoisotopic (exact) mass is 606 g/mol. The number of aromatic nitrogens is 2. The van der Waals surface area contributed by atoms with Gasteiger partial charge in [-0.3, -0.25) is 9.36 Å². The Kier molecular flexibility index (Phi) is 8.27. The predicted molar refractivity (Wildman–Crippen MR) is 160 cm³/mol. The lowest BCUT2D eigenvalue weighted by molar-refractivity contribution is -0.137. The molecule has 3 heterocycles. The Labute approximate surface area is 253 Å². The largest absolute Gasteiger partial charge is 0.417 e. The zero-order valence-electron chi connectivity index (χ0n) is 23.4. The highest BCUT2D eigenvalue weighted by Gasteiger charge is 2.40. The third kappa shape index (κ3) is 5.98. The second-order valence-electron chi connectivity index (χ2n) is 10.8. The fourth-order valence-electron chi connectivity index (χ4n) is 5.86. The molecule has 0 spiro atoms. The average molecular weight is 606 g/mol. The molecule has 2 aliphatic heterocycles. The van der Waals surface area contributed by atoms with Crippen molar-refractivity contribution in [3.05, 3.63) is 64.9 Å². The van der Waals surface area contributed by atoms with Gasteiger partial charge in [-0.25, -0.2) is 9.18 Å². The number of alkyl halides is 3. The van der Waals surface area contributed by atoms with Crippen LogP contribution < -0.4 is 10.6 Å². The second-order valence-corrected chi connectivity index (χ2v) is 11.8. The molecule has 0 unspecified atom stereocenters. The Morgan fingerprint density at radius 2 is 1.79 bits per heavy atom. The molecule has 1 aromatic heterocycles. The zero-order valence-corrected chi connectivity index (χ0v) is 24.2. The van der Waals surface area contributed by atoms with Crippen LogP contribution in [0, 0.1) is 5.82 Å². The van der Waals surface area contributed by atoms with Crippen LogP contribution in [0.25, 0.3) is 22.0 Å². The van der Waals surface area contributed by atoms with Gasteiger partial charge in [0.2, 0.25) is 5.91 Å². The summed E-state index contributed by atoms with van der Waals surface area (Å²) in [5.41, 5.74) is -1.50. The number of hydrogen-bond donors (Lipinski definition) is 0. The van der Waals surface area contributed by atoms with E-state index in [1.807, 2.05) is 0 Å². The van der Waals surface area contributed by atoms with Gasteiger partial charge in [0.05, 0.1) is 47.3 Å². The zero-order chi connectivity index (χ0) is 31.4. The van der Waals surface area contributed by atoms with Crippen molar-refractivity contribution in [2.75, 3.05) is 30.3 Å². The first-order valence-electron chi connectivity index (χ1n) is 13.4. The molecule has 43 heavy (non-hydrogen) atoms. The smallest absolute Gasteiger partial charge is 0.401 e. The summed E-state index contributed by atoms with van der Waals surface area (Å²) in [5.74, 6) is -0.703. The van der Waals surface area contributed by atoms with Crippen molar-refractivity contribution in [2.24, 2.45) is 0 Å².